The molecule has 0 saturated heterocycles. The van der Waals surface area contributed by atoms with Gasteiger partial charge in [-0.1, -0.05) is 42.5 Å². The quantitative estimate of drug-likeness (QED) is 0.397. The SMILES string of the molecule is C/C(=N\NC(=O)c1ccc(OCc2ccccc2)cc1)c1ccc(N)cc1. The third kappa shape index (κ3) is 5.19. The van der Waals surface area contributed by atoms with Crippen molar-refractivity contribution >= 4 is 17.3 Å². The van der Waals surface area contributed by atoms with Crippen molar-refractivity contribution in [2.75, 3.05) is 5.73 Å². The molecule has 0 aromatic heterocycles. The van der Waals surface area contributed by atoms with E-state index in [0.29, 0.717) is 29.3 Å². The van der Waals surface area contributed by atoms with Gasteiger partial charge in [-0.15, -0.1) is 0 Å². The lowest BCUT2D eigenvalue weighted by Crippen LogP contribution is -2.19. The van der Waals surface area contributed by atoms with Gasteiger partial charge in [0.15, 0.2) is 0 Å². The highest BCUT2D eigenvalue weighted by Crippen LogP contribution is 2.14. The van der Waals surface area contributed by atoms with Crippen molar-refractivity contribution in [3.05, 3.63) is 95.6 Å². The van der Waals surface area contributed by atoms with Gasteiger partial charge in [0.1, 0.15) is 12.4 Å². The Balaban J connectivity index is 1.57. The molecule has 27 heavy (non-hydrogen) atoms. The van der Waals surface area contributed by atoms with E-state index >= 15 is 0 Å². The number of hydrogen-bond donors (Lipinski definition) is 2. The molecule has 3 N–H and O–H groups in total. The van der Waals surface area contributed by atoms with Crippen molar-refractivity contribution in [1.82, 2.24) is 5.43 Å². The summed E-state index contributed by atoms with van der Waals surface area (Å²) in [6.45, 7) is 2.31. The first-order chi connectivity index (χ1) is 13.1. The molecule has 1 amide bonds. The summed E-state index contributed by atoms with van der Waals surface area (Å²) in [6.07, 6.45) is 0. The van der Waals surface area contributed by atoms with Gasteiger partial charge in [0.2, 0.25) is 0 Å². The number of nitrogens with two attached hydrogens (primary N) is 1. The number of amides is 1. The molecule has 5 heteroatoms. The minimum Gasteiger partial charge on any atom is -0.489 e. The molecule has 0 saturated carbocycles. The lowest BCUT2D eigenvalue weighted by Gasteiger charge is -2.07. The normalized spacial score (nSPS) is 11.1. The third-order valence-corrected chi connectivity index (χ3v) is 4.02. The molecule has 5 nitrogen and oxygen atoms in total. The Labute approximate surface area is 158 Å². The minimum atomic E-state index is -0.278. The van der Waals surface area contributed by atoms with Gasteiger partial charge in [-0.2, -0.15) is 5.10 Å². The smallest absolute Gasteiger partial charge is 0.271 e. The number of carbonyl (C=O) groups is 1. The fraction of sp³-hybridized carbons (Fsp3) is 0.0909. The average molecular weight is 359 g/mol. The van der Waals surface area contributed by atoms with Gasteiger partial charge < -0.3 is 10.5 Å². The van der Waals surface area contributed by atoms with Gasteiger partial charge in [0.25, 0.3) is 5.91 Å². The van der Waals surface area contributed by atoms with Crippen LogP contribution in [0, 0.1) is 0 Å². The molecule has 3 rings (SSSR count). The largest absolute Gasteiger partial charge is 0.489 e. The van der Waals surface area contributed by atoms with Crippen LogP contribution in [0.4, 0.5) is 5.69 Å². The van der Waals surface area contributed by atoms with Crippen LogP contribution in [-0.2, 0) is 6.61 Å². The van der Waals surface area contributed by atoms with E-state index in [4.69, 9.17) is 10.5 Å². The number of carbonyl (C=O) groups excluding carboxylic acids is 1. The Morgan fingerprint density at radius 2 is 1.56 bits per heavy atom. The van der Waals surface area contributed by atoms with Crippen LogP contribution in [0.5, 0.6) is 5.75 Å². The van der Waals surface area contributed by atoms with Crippen molar-refractivity contribution in [2.24, 2.45) is 5.10 Å². The van der Waals surface area contributed by atoms with Crippen molar-refractivity contribution in [2.45, 2.75) is 13.5 Å². The first-order valence-electron chi connectivity index (χ1n) is 8.59. The summed E-state index contributed by atoms with van der Waals surface area (Å²) < 4.78 is 5.72. The standard InChI is InChI=1S/C22H21N3O2/c1-16(18-7-11-20(23)12-8-18)24-25-22(26)19-9-13-21(14-10-19)27-15-17-5-3-2-4-6-17/h2-14H,15,23H2,1H3,(H,25,26)/b24-16+. The fourth-order valence-electron chi connectivity index (χ4n) is 2.43. The summed E-state index contributed by atoms with van der Waals surface area (Å²) in [7, 11) is 0. The minimum absolute atomic E-state index is 0.278. The summed E-state index contributed by atoms with van der Waals surface area (Å²) in [5, 5.41) is 4.14. The second-order valence-corrected chi connectivity index (χ2v) is 6.06. The van der Waals surface area contributed by atoms with Crippen LogP contribution >= 0.6 is 0 Å². The van der Waals surface area contributed by atoms with E-state index in [1.54, 1.807) is 36.4 Å². The van der Waals surface area contributed by atoms with E-state index < -0.39 is 0 Å². The Hall–Kier alpha value is -3.60. The predicted molar refractivity (Wildman–Crippen MR) is 108 cm³/mol. The number of hydrogen-bond acceptors (Lipinski definition) is 4. The Morgan fingerprint density at radius 3 is 2.22 bits per heavy atom. The van der Waals surface area contributed by atoms with Gasteiger partial charge in [-0.3, -0.25) is 4.79 Å². The monoisotopic (exact) mass is 359 g/mol. The molecule has 0 atom stereocenters. The van der Waals surface area contributed by atoms with E-state index in [2.05, 4.69) is 10.5 Å². The topological polar surface area (TPSA) is 76.7 Å². The van der Waals surface area contributed by atoms with Gasteiger partial charge >= 0.3 is 0 Å². The van der Waals surface area contributed by atoms with Crippen molar-refractivity contribution in [3.63, 3.8) is 0 Å². The Kier molecular flexibility index (Phi) is 5.84. The highest BCUT2D eigenvalue weighted by Gasteiger charge is 2.06. The first-order valence-corrected chi connectivity index (χ1v) is 8.59. The van der Waals surface area contributed by atoms with E-state index in [-0.39, 0.29) is 5.91 Å². The summed E-state index contributed by atoms with van der Waals surface area (Å²) >= 11 is 0. The molecular weight excluding hydrogens is 338 g/mol. The van der Waals surface area contributed by atoms with Gasteiger partial charge in [0, 0.05) is 11.3 Å². The maximum absolute atomic E-state index is 12.2. The molecule has 0 heterocycles. The molecule has 0 unspecified atom stereocenters. The highest BCUT2D eigenvalue weighted by molar-refractivity contribution is 6.01. The van der Waals surface area contributed by atoms with Crippen molar-refractivity contribution in [1.29, 1.82) is 0 Å². The summed E-state index contributed by atoms with van der Waals surface area (Å²) in [4.78, 5) is 12.2. The van der Waals surface area contributed by atoms with Crippen LogP contribution in [0.25, 0.3) is 0 Å². The molecular formula is C22H21N3O2. The van der Waals surface area contributed by atoms with E-state index in [9.17, 15) is 4.79 Å². The second kappa shape index (κ2) is 8.67. The van der Waals surface area contributed by atoms with Crippen LogP contribution in [0.1, 0.15) is 28.4 Å². The molecule has 0 aliphatic heterocycles. The molecule has 136 valence electrons. The third-order valence-electron chi connectivity index (χ3n) is 4.02. The summed E-state index contributed by atoms with van der Waals surface area (Å²) in [5.74, 6) is 0.427. The molecule has 0 spiro atoms. The van der Waals surface area contributed by atoms with E-state index in [0.717, 1.165) is 11.1 Å². The highest BCUT2D eigenvalue weighted by atomic mass is 16.5. The van der Waals surface area contributed by atoms with Gasteiger partial charge in [0.05, 0.1) is 5.71 Å². The number of hydrazone groups is 1. The van der Waals surface area contributed by atoms with Crippen LogP contribution in [-0.4, -0.2) is 11.6 Å². The maximum atomic E-state index is 12.2. The lowest BCUT2D eigenvalue weighted by molar-refractivity contribution is 0.0955. The number of nitrogen functional groups attached to an aromatic ring is 1. The predicted octanol–water partition coefficient (Wildman–Crippen LogP) is 4.00. The van der Waals surface area contributed by atoms with E-state index in [1.165, 1.54) is 0 Å². The molecule has 0 fully saturated rings. The van der Waals surface area contributed by atoms with Crippen molar-refractivity contribution < 1.29 is 9.53 Å². The number of anilines is 1. The molecule has 0 aliphatic rings. The number of rotatable bonds is 6. The first kappa shape index (κ1) is 18.2. The van der Waals surface area contributed by atoms with Crippen LogP contribution in [0.2, 0.25) is 0 Å². The average Bonchev–Trinajstić information content (AvgIpc) is 2.72. The Morgan fingerprint density at radius 1 is 0.926 bits per heavy atom. The van der Waals surface area contributed by atoms with Gasteiger partial charge in [-0.05, 0) is 54.4 Å². The zero-order valence-corrected chi connectivity index (χ0v) is 15.1. The molecule has 0 radical (unpaired) electrons. The second-order valence-electron chi connectivity index (χ2n) is 6.06. The van der Waals surface area contributed by atoms with Crippen LogP contribution in [0.15, 0.2) is 84.0 Å². The molecule has 3 aromatic carbocycles. The number of benzene rings is 3. The molecule has 0 aliphatic carbocycles. The maximum Gasteiger partial charge on any atom is 0.271 e. The van der Waals surface area contributed by atoms with Gasteiger partial charge in [-0.25, -0.2) is 5.43 Å². The van der Waals surface area contributed by atoms with Crippen LogP contribution in [0.3, 0.4) is 0 Å². The fourth-order valence-corrected chi connectivity index (χ4v) is 2.43. The Bertz CT molecular complexity index is 918. The lowest BCUT2D eigenvalue weighted by atomic mass is 10.1. The van der Waals surface area contributed by atoms with E-state index in [1.807, 2.05) is 49.4 Å². The molecule has 3 aromatic rings. The molecule has 0 bridgehead atoms. The zero-order valence-electron chi connectivity index (χ0n) is 15.1. The summed E-state index contributed by atoms with van der Waals surface area (Å²) in [6, 6.07) is 24.2. The van der Waals surface area contributed by atoms with Crippen molar-refractivity contribution in [3.8, 4) is 5.75 Å². The number of nitrogens with zero attached hydrogens (tertiary/aromatic N) is 1. The summed E-state index contributed by atoms with van der Waals surface area (Å²) in [5.41, 5.74) is 12.1. The zero-order chi connectivity index (χ0) is 19.1. The van der Waals surface area contributed by atoms with Crippen LogP contribution < -0.4 is 15.9 Å². The number of nitrogens with one attached hydrogen (secondary N) is 1. The number of ether oxygens (including phenoxy) is 1.